The summed E-state index contributed by atoms with van der Waals surface area (Å²) >= 11 is 1.59. The Bertz CT molecular complexity index is 1230. The predicted molar refractivity (Wildman–Crippen MR) is 120 cm³/mol. The van der Waals surface area contributed by atoms with E-state index >= 15 is 0 Å². The number of carbonyl (C=O) groups is 2. The molecular formula is C23H21FN4O2S. The molecule has 2 aromatic carbocycles. The molecule has 4 aromatic rings. The van der Waals surface area contributed by atoms with Crippen molar-refractivity contribution in [3.05, 3.63) is 82.1 Å². The van der Waals surface area contributed by atoms with E-state index in [1.54, 1.807) is 53.9 Å². The third kappa shape index (κ3) is 4.64. The second-order valence-corrected chi connectivity index (χ2v) is 8.14. The van der Waals surface area contributed by atoms with E-state index in [9.17, 15) is 14.0 Å². The lowest BCUT2D eigenvalue weighted by Crippen LogP contribution is -2.26. The number of rotatable bonds is 6. The number of thiophene rings is 1. The topological polar surface area (TPSA) is 67.2 Å². The Hall–Kier alpha value is -3.52. The standard InChI is InChI=1S/C23H21FN4O2S/c1-15(29)26-21-10-18(23(30)27(2)11-17-7-8-31-13-17)9-20-22(21)28(14-25-20)12-16-3-5-19(24)6-4-16/h3-10,13-14H,11-12H2,1-2H3,(H,26,29). The number of carbonyl (C=O) groups excluding carboxylic acids is 2. The first-order valence-electron chi connectivity index (χ1n) is 9.68. The van der Waals surface area contributed by atoms with E-state index in [1.165, 1.54) is 19.1 Å². The number of nitrogens with one attached hydrogen (secondary N) is 1. The molecule has 31 heavy (non-hydrogen) atoms. The monoisotopic (exact) mass is 436 g/mol. The third-order valence-corrected chi connectivity index (χ3v) is 5.62. The number of halogens is 1. The van der Waals surface area contributed by atoms with Gasteiger partial charge < -0.3 is 14.8 Å². The molecule has 2 amide bonds. The van der Waals surface area contributed by atoms with Gasteiger partial charge in [-0.3, -0.25) is 9.59 Å². The average molecular weight is 437 g/mol. The molecule has 4 rings (SSSR count). The van der Waals surface area contributed by atoms with Crippen molar-refractivity contribution in [2.75, 3.05) is 12.4 Å². The van der Waals surface area contributed by atoms with Crippen LogP contribution in [0.15, 0.2) is 59.6 Å². The number of benzene rings is 2. The molecule has 0 fully saturated rings. The Morgan fingerprint density at radius 2 is 1.94 bits per heavy atom. The second kappa shape index (κ2) is 8.69. The number of hydrogen-bond acceptors (Lipinski definition) is 4. The van der Waals surface area contributed by atoms with Crippen molar-refractivity contribution in [2.45, 2.75) is 20.0 Å². The minimum atomic E-state index is -0.298. The first kappa shape index (κ1) is 20.7. The van der Waals surface area contributed by atoms with Gasteiger partial charge >= 0.3 is 0 Å². The number of amides is 2. The van der Waals surface area contributed by atoms with Gasteiger partial charge in [-0.25, -0.2) is 9.37 Å². The van der Waals surface area contributed by atoms with Crippen LogP contribution in [-0.4, -0.2) is 33.3 Å². The highest BCUT2D eigenvalue weighted by Gasteiger charge is 2.18. The van der Waals surface area contributed by atoms with E-state index in [0.717, 1.165) is 11.1 Å². The molecule has 0 unspecified atom stereocenters. The first-order chi connectivity index (χ1) is 14.9. The summed E-state index contributed by atoms with van der Waals surface area (Å²) in [7, 11) is 1.75. The minimum Gasteiger partial charge on any atom is -0.337 e. The Labute approximate surface area is 182 Å². The van der Waals surface area contributed by atoms with Crippen LogP contribution in [0.2, 0.25) is 0 Å². The molecule has 2 heterocycles. The lowest BCUT2D eigenvalue weighted by Gasteiger charge is -2.18. The van der Waals surface area contributed by atoms with Gasteiger partial charge in [0, 0.05) is 32.6 Å². The van der Waals surface area contributed by atoms with Gasteiger partial charge in [0.1, 0.15) is 5.82 Å². The molecule has 0 radical (unpaired) electrons. The van der Waals surface area contributed by atoms with Crippen LogP contribution in [0.1, 0.15) is 28.4 Å². The Balaban J connectivity index is 1.69. The van der Waals surface area contributed by atoms with E-state index in [-0.39, 0.29) is 17.6 Å². The molecule has 0 spiro atoms. The van der Waals surface area contributed by atoms with Gasteiger partial charge in [0.05, 0.1) is 23.0 Å². The molecule has 6 nitrogen and oxygen atoms in total. The van der Waals surface area contributed by atoms with Crippen molar-refractivity contribution in [3.8, 4) is 0 Å². The van der Waals surface area contributed by atoms with Crippen LogP contribution in [0.4, 0.5) is 10.1 Å². The van der Waals surface area contributed by atoms with E-state index in [4.69, 9.17) is 0 Å². The summed E-state index contributed by atoms with van der Waals surface area (Å²) in [5, 5.41) is 6.80. The quantitative estimate of drug-likeness (QED) is 0.483. The first-order valence-corrected chi connectivity index (χ1v) is 10.6. The van der Waals surface area contributed by atoms with Crippen LogP contribution >= 0.6 is 11.3 Å². The lowest BCUT2D eigenvalue weighted by molar-refractivity contribution is -0.114. The zero-order valence-corrected chi connectivity index (χ0v) is 17.9. The highest BCUT2D eigenvalue weighted by molar-refractivity contribution is 7.07. The number of fused-ring (bicyclic) bond motifs is 1. The van der Waals surface area contributed by atoms with E-state index in [0.29, 0.717) is 35.4 Å². The lowest BCUT2D eigenvalue weighted by atomic mass is 10.1. The van der Waals surface area contributed by atoms with Crippen LogP contribution in [0.25, 0.3) is 11.0 Å². The molecule has 0 aliphatic heterocycles. The summed E-state index contributed by atoms with van der Waals surface area (Å²) in [4.78, 5) is 30.9. The molecule has 8 heteroatoms. The molecule has 0 aliphatic carbocycles. The summed E-state index contributed by atoms with van der Waals surface area (Å²) in [6, 6.07) is 11.6. The van der Waals surface area contributed by atoms with Crippen molar-refractivity contribution < 1.29 is 14.0 Å². The van der Waals surface area contributed by atoms with Crippen LogP contribution in [0.5, 0.6) is 0 Å². The van der Waals surface area contributed by atoms with Gasteiger partial charge in [-0.2, -0.15) is 11.3 Å². The van der Waals surface area contributed by atoms with Gasteiger partial charge in [-0.15, -0.1) is 0 Å². The van der Waals surface area contributed by atoms with Crippen molar-refractivity contribution in [3.63, 3.8) is 0 Å². The number of imidazole rings is 1. The third-order valence-electron chi connectivity index (χ3n) is 4.88. The summed E-state index contributed by atoms with van der Waals surface area (Å²) in [6.07, 6.45) is 1.66. The maximum atomic E-state index is 13.2. The van der Waals surface area contributed by atoms with Crippen LogP contribution in [0, 0.1) is 5.82 Å². The largest absolute Gasteiger partial charge is 0.337 e. The fourth-order valence-electron chi connectivity index (χ4n) is 3.47. The summed E-state index contributed by atoms with van der Waals surface area (Å²) < 4.78 is 15.1. The van der Waals surface area contributed by atoms with Crippen LogP contribution in [0.3, 0.4) is 0 Å². The highest BCUT2D eigenvalue weighted by atomic mass is 32.1. The molecule has 0 saturated carbocycles. The Morgan fingerprint density at radius 3 is 2.61 bits per heavy atom. The van der Waals surface area contributed by atoms with Crippen molar-refractivity contribution in [2.24, 2.45) is 0 Å². The smallest absolute Gasteiger partial charge is 0.254 e. The number of hydrogen-bond donors (Lipinski definition) is 1. The zero-order chi connectivity index (χ0) is 22.0. The van der Waals surface area contributed by atoms with E-state index in [1.807, 2.05) is 21.4 Å². The normalized spacial score (nSPS) is 10.9. The summed E-state index contributed by atoms with van der Waals surface area (Å²) in [6.45, 7) is 2.37. The summed E-state index contributed by atoms with van der Waals surface area (Å²) in [5.74, 6) is -0.701. The highest BCUT2D eigenvalue weighted by Crippen LogP contribution is 2.27. The maximum absolute atomic E-state index is 13.2. The molecule has 0 bridgehead atoms. The van der Waals surface area contributed by atoms with Crippen molar-refractivity contribution >= 4 is 39.9 Å². The average Bonchev–Trinajstić information content (AvgIpc) is 3.39. The molecule has 0 aliphatic rings. The zero-order valence-electron chi connectivity index (χ0n) is 17.1. The predicted octanol–water partition coefficient (Wildman–Crippen LogP) is 4.52. The molecule has 158 valence electrons. The second-order valence-electron chi connectivity index (χ2n) is 7.36. The SMILES string of the molecule is CC(=O)Nc1cc(C(=O)N(C)Cc2ccsc2)cc2ncn(Cc3ccc(F)cc3)c12. The van der Waals surface area contributed by atoms with Crippen LogP contribution < -0.4 is 5.32 Å². The molecular weight excluding hydrogens is 415 g/mol. The summed E-state index contributed by atoms with van der Waals surface area (Å²) in [5.41, 5.74) is 4.22. The maximum Gasteiger partial charge on any atom is 0.254 e. The van der Waals surface area contributed by atoms with Gasteiger partial charge in [-0.05, 0) is 52.2 Å². The van der Waals surface area contributed by atoms with Crippen molar-refractivity contribution in [1.82, 2.24) is 14.5 Å². The Kier molecular flexibility index (Phi) is 5.81. The fraction of sp³-hybridized carbons (Fsp3) is 0.174. The van der Waals surface area contributed by atoms with Gasteiger partial charge in [0.25, 0.3) is 5.91 Å². The molecule has 1 N–H and O–H groups in total. The number of anilines is 1. The van der Waals surface area contributed by atoms with Crippen molar-refractivity contribution in [1.29, 1.82) is 0 Å². The molecule has 0 saturated heterocycles. The van der Waals surface area contributed by atoms with E-state index < -0.39 is 0 Å². The molecule has 0 atom stereocenters. The number of aromatic nitrogens is 2. The van der Waals surface area contributed by atoms with Gasteiger partial charge in [0.15, 0.2) is 0 Å². The van der Waals surface area contributed by atoms with Gasteiger partial charge in [0.2, 0.25) is 5.91 Å². The van der Waals surface area contributed by atoms with Crippen LogP contribution in [-0.2, 0) is 17.9 Å². The van der Waals surface area contributed by atoms with E-state index in [2.05, 4.69) is 10.3 Å². The number of nitrogens with zero attached hydrogens (tertiary/aromatic N) is 3. The Morgan fingerprint density at radius 1 is 1.16 bits per heavy atom. The van der Waals surface area contributed by atoms with Gasteiger partial charge in [-0.1, -0.05) is 12.1 Å². The fourth-order valence-corrected chi connectivity index (χ4v) is 4.13. The minimum absolute atomic E-state index is 0.159. The molecule has 2 aromatic heterocycles.